The molecule has 3 aromatic carbocycles. The molecule has 0 bridgehead atoms. The summed E-state index contributed by atoms with van der Waals surface area (Å²) in [7, 11) is 1.60. The summed E-state index contributed by atoms with van der Waals surface area (Å²) in [5, 5.41) is 0. The van der Waals surface area contributed by atoms with Gasteiger partial charge in [-0.3, -0.25) is 20.4 Å². The van der Waals surface area contributed by atoms with Crippen LogP contribution in [-0.2, 0) is 9.53 Å². The van der Waals surface area contributed by atoms with E-state index in [4.69, 9.17) is 9.47 Å². The minimum atomic E-state index is -0.550. The van der Waals surface area contributed by atoms with Gasteiger partial charge in [-0.15, -0.1) is 0 Å². The van der Waals surface area contributed by atoms with E-state index in [0.717, 1.165) is 11.1 Å². The maximum Gasteiger partial charge on any atom is 0.269 e. The zero-order valence-corrected chi connectivity index (χ0v) is 18.6. The molecule has 0 aliphatic heterocycles. The Morgan fingerprint density at radius 1 is 0.871 bits per heavy atom. The number of nitrogens with one attached hydrogen (secondary N) is 2. The van der Waals surface area contributed by atoms with Crippen LogP contribution in [0.4, 0.5) is 0 Å². The minimum Gasteiger partial charge on any atom is -0.490 e. The number of hydrogen-bond acceptors (Lipinski definition) is 4. The van der Waals surface area contributed by atoms with E-state index in [1.807, 2.05) is 60.7 Å². The highest BCUT2D eigenvalue weighted by Crippen LogP contribution is 2.26. The third kappa shape index (κ3) is 6.16. The Hall–Kier alpha value is -3.16. The first kappa shape index (κ1) is 22.5. The monoisotopic (exact) mass is 482 g/mol. The zero-order chi connectivity index (χ0) is 22.1. The molecule has 160 valence electrons. The average Bonchev–Trinajstić information content (AvgIpc) is 2.80. The molecular weight excluding hydrogens is 460 g/mol. The Bertz CT molecular complexity index is 973. The van der Waals surface area contributed by atoms with Crippen LogP contribution >= 0.6 is 15.9 Å². The van der Waals surface area contributed by atoms with Crippen LogP contribution in [0.25, 0.3) is 0 Å². The van der Waals surface area contributed by atoms with Gasteiger partial charge in [0.2, 0.25) is 5.91 Å². The molecule has 0 aliphatic rings. The van der Waals surface area contributed by atoms with Crippen molar-refractivity contribution in [2.75, 3.05) is 20.3 Å². The van der Waals surface area contributed by atoms with E-state index in [9.17, 15) is 9.59 Å². The van der Waals surface area contributed by atoms with Crippen LogP contribution in [0.5, 0.6) is 5.75 Å². The molecule has 3 rings (SSSR count). The van der Waals surface area contributed by atoms with Crippen molar-refractivity contribution in [3.05, 3.63) is 100 Å². The molecule has 2 amide bonds. The fourth-order valence-electron chi connectivity index (χ4n) is 3.04. The Labute approximate surface area is 189 Å². The maximum absolute atomic E-state index is 13.0. The van der Waals surface area contributed by atoms with E-state index in [2.05, 4.69) is 26.8 Å². The lowest BCUT2D eigenvalue weighted by Gasteiger charge is -2.18. The number of benzene rings is 3. The Morgan fingerprint density at radius 2 is 1.48 bits per heavy atom. The number of hydrazine groups is 1. The number of carbonyl (C=O) groups excluding carboxylic acids is 2. The van der Waals surface area contributed by atoms with Crippen LogP contribution < -0.4 is 15.6 Å². The number of ether oxygens (including phenoxy) is 2. The molecule has 0 atom stereocenters. The summed E-state index contributed by atoms with van der Waals surface area (Å²) in [4.78, 5) is 25.5. The van der Waals surface area contributed by atoms with Crippen LogP contribution in [0.15, 0.2) is 83.3 Å². The molecule has 2 N–H and O–H groups in total. The summed E-state index contributed by atoms with van der Waals surface area (Å²) < 4.78 is 11.2. The zero-order valence-electron chi connectivity index (χ0n) is 17.0. The third-order valence-electron chi connectivity index (χ3n) is 4.57. The predicted octanol–water partition coefficient (Wildman–Crippen LogP) is 4.07. The van der Waals surface area contributed by atoms with E-state index in [1.54, 1.807) is 25.3 Å². The molecule has 7 heteroatoms. The number of hydrogen-bond donors (Lipinski definition) is 2. The van der Waals surface area contributed by atoms with Gasteiger partial charge >= 0.3 is 0 Å². The highest BCUT2D eigenvalue weighted by atomic mass is 79.9. The third-order valence-corrected chi connectivity index (χ3v) is 5.19. The fourth-order valence-corrected chi connectivity index (χ4v) is 3.54. The topological polar surface area (TPSA) is 76.7 Å². The lowest BCUT2D eigenvalue weighted by molar-refractivity contribution is -0.122. The number of rotatable bonds is 8. The summed E-state index contributed by atoms with van der Waals surface area (Å²) in [5.74, 6) is -0.710. The molecule has 0 aromatic heterocycles. The second-order valence-corrected chi connectivity index (χ2v) is 7.54. The van der Waals surface area contributed by atoms with Crippen molar-refractivity contribution in [2.24, 2.45) is 0 Å². The maximum atomic E-state index is 13.0. The number of amides is 2. The largest absolute Gasteiger partial charge is 0.490 e. The van der Waals surface area contributed by atoms with E-state index in [0.29, 0.717) is 29.0 Å². The van der Waals surface area contributed by atoms with Crippen LogP contribution in [0.2, 0.25) is 0 Å². The Kier molecular flexibility index (Phi) is 8.20. The molecule has 0 fully saturated rings. The summed E-state index contributed by atoms with van der Waals surface area (Å²) in [5.41, 5.74) is 7.10. The van der Waals surface area contributed by atoms with Gasteiger partial charge in [0.25, 0.3) is 5.91 Å². The minimum absolute atomic E-state index is 0.329. The van der Waals surface area contributed by atoms with Crippen LogP contribution in [0.1, 0.15) is 27.4 Å². The molecule has 31 heavy (non-hydrogen) atoms. The summed E-state index contributed by atoms with van der Waals surface area (Å²) >= 11 is 3.40. The molecule has 0 saturated heterocycles. The lowest BCUT2D eigenvalue weighted by Crippen LogP contribution is -2.44. The van der Waals surface area contributed by atoms with Crippen LogP contribution in [-0.4, -0.2) is 32.1 Å². The van der Waals surface area contributed by atoms with Gasteiger partial charge < -0.3 is 9.47 Å². The molecule has 0 aliphatic carbocycles. The highest BCUT2D eigenvalue weighted by molar-refractivity contribution is 9.10. The first-order chi connectivity index (χ1) is 15.1. The summed E-state index contributed by atoms with van der Waals surface area (Å²) in [6, 6.07) is 23.8. The SMILES string of the molecule is COCCOc1ccc(C(=O)NNC(=O)C(c2ccccc2)c2ccccc2)cc1Br. The van der Waals surface area contributed by atoms with Gasteiger partial charge in [-0.1, -0.05) is 60.7 Å². The van der Waals surface area contributed by atoms with Crippen molar-refractivity contribution in [2.45, 2.75) is 5.92 Å². The average molecular weight is 483 g/mol. The van der Waals surface area contributed by atoms with Gasteiger partial charge in [0.15, 0.2) is 0 Å². The molecule has 0 spiro atoms. The fraction of sp³-hybridized carbons (Fsp3) is 0.167. The molecule has 0 unspecified atom stereocenters. The Balaban J connectivity index is 1.68. The van der Waals surface area contributed by atoms with Crippen LogP contribution in [0, 0.1) is 0 Å². The molecule has 3 aromatic rings. The number of methoxy groups -OCH3 is 1. The highest BCUT2D eigenvalue weighted by Gasteiger charge is 2.23. The van der Waals surface area contributed by atoms with Crippen molar-refractivity contribution in [3.8, 4) is 5.75 Å². The molecule has 6 nitrogen and oxygen atoms in total. The van der Waals surface area contributed by atoms with Crippen molar-refractivity contribution in [1.29, 1.82) is 0 Å². The van der Waals surface area contributed by atoms with Crippen molar-refractivity contribution >= 4 is 27.7 Å². The standard InChI is InChI=1S/C24H23BrN2O4/c1-30-14-15-31-21-13-12-19(16-20(21)25)23(28)26-27-24(29)22(17-8-4-2-5-9-17)18-10-6-3-7-11-18/h2-13,16,22H,14-15H2,1H3,(H,26,28)(H,27,29). The molecule has 0 saturated carbocycles. The normalized spacial score (nSPS) is 10.5. The molecular formula is C24H23BrN2O4. The number of halogens is 1. The van der Waals surface area contributed by atoms with Gasteiger partial charge in [-0.2, -0.15) is 0 Å². The van der Waals surface area contributed by atoms with Gasteiger partial charge in [-0.25, -0.2) is 0 Å². The van der Waals surface area contributed by atoms with Crippen molar-refractivity contribution < 1.29 is 19.1 Å². The van der Waals surface area contributed by atoms with Crippen molar-refractivity contribution in [1.82, 2.24) is 10.9 Å². The van der Waals surface area contributed by atoms with Crippen LogP contribution in [0.3, 0.4) is 0 Å². The van der Waals surface area contributed by atoms with Gasteiger partial charge in [0, 0.05) is 12.7 Å². The van der Waals surface area contributed by atoms with Gasteiger partial charge in [0.1, 0.15) is 12.4 Å². The van der Waals surface area contributed by atoms with Crippen molar-refractivity contribution in [3.63, 3.8) is 0 Å². The molecule has 0 radical (unpaired) electrons. The van der Waals surface area contributed by atoms with Gasteiger partial charge in [-0.05, 0) is 45.3 Å². The summed E-state index contributed by atoms with van der Waals surface area (Å²) in [6.07, 6.45) is 0. The first-order valence-electron chi connectivity index (χ1n) is 9.71. The van der Waals surface area contributed by atoms with E-state index < -0.39 is 11.8 Å². The number of carbonyl (C=O) groups is 2. The quantitative estimate of drug-likeness (QED) is 0.374. The second kappa shape index (κ2) is 11.3. The summed E-state index contributed by atoms with van der Waals surface area (Å²) in [6.45, 7) is 0.863. The van der Waals surface area contributed by atoms with E-state index in [1.165, 1.54) is 0 Å². The van der Waals surface area contributed by atoms with E-state index in [-0.39, 0.29) is 5.91 Å². The van der Waals surface area contributed by atoms with Gasteiger partial charge in [0.05, 0.1) is 17.0 Å². The predicted molar refractivity (Wildman–Crippen MR) is 122 cm³/mol. The second-order valence-electron chi connectivity index (χ2n) is 6.68. The van der Waals surface area contributed by atoms with E-state index >= 15 is 0 Å². The smallest absolute Gasteiger partial charge is 0.269 e. The first-order valence-corrected chi connectivity index (χ1v) is 10.5. The Morgan fingerprint density at radius 3 is 2.03 bits per heavy atom. The molecule has 0 heterocycles. The lowest BCUT2D eigenvalue weighted by atomic mass is 9.91.